The fraction of sp³-hybridized carbons (Fsp3) is 1.00. The molecule has 0 spiro atoms. The number of morpholine rings is 1. The number of nitrogens with zero attached hydrogens (tertiary/aromatic N) is 1. The van der Waals surface area contributed by atoms with Crippen LogP contribution in [0.2, 0.25) is 0 Å². The Hall–Kier alpha value is -0.160. The Kier molecular flexibility index (Phi) is 5.03. The molecule has 16 heavy (non-hydrogen) atoms. The molecule has 2 saturated heterocycles. The van der Waals surface area contributed by atoms with Gasteiger partial charge in [-0.05, 0) is 32.9 Å². The monoisotopic (exact) mass is 228 g/mol. The number of hydrogen-bond acceptors (Lipinski definition) is 4. The molecule has 0 amide bonds. The minimum atomic E-state index is 0.552. The molecule has 0 radical (unpaired) electrons. The van der Waals surface area contributed by atoms with E-state index in [-0.39, 0.29) is 0 Å². The van der Waals surface area contributed by atoms with Crippen LogP contribution in [0.5, 0.6) is 0 Å². The molecule has 2 fully saturated rings. The summed E-state index contributed by atoms with van der Waals surface area (Å²) in [5.74, 6) is 0. The summed E-state index contributed by atoms with van der Waals surface area (Å²) in [6, 6.07) is 1.27. The van der Waals surface area contributed by atoms with Gasteiger partial charge in [0.25, 0.3) is 0 Å². The van der Waals surface area contributed by atoms with Gasteiger partial charge in [-0.25, -0.2) is 0 Å². The quantitative estimate of drug-likeness (QED) is 0.758. The molecule has 1 N–H and O–H groups in total. The lowest BCUT2D eigenvalue weighted by Crippen LogP contribution is -2.44. The Bertz CT molecular complexity index is 189. The van der Waals surface area contributed by atoms with E-state index in [9.17, 15) is 0 Å². The van der Waals surface area contributed by atoms with Crippen molar-refractivity contribution in [3.05, 3.63) is 0 Å². The van der Waals surface area contributed by atoms with Crippen LogP contribution in [0, 0.1) is 0 Å². The molecule has 1 unspecified atom stereocenters. The molecule has 2 heterocycles. The summed E-state index contributed by atoms with van der Waals surface area (Å²) in [5, 5.41) is 3.50. The minimum Gasteiger partial charge on any atom is -0.381 e. The first-order valence-corrected chi connectivity index (χ1v) is 6.45. The highest BCUT2D eigenvalue weighted by Crippen LogP contribution is 2.13. The molecule has 94 valence electrons. The molecule has 0 aliphatic carbocycles. The minimum absolute atomic E-state index is 0.552. The zero-order chi connectivity index (χ0) is 11.2. The van der Waals surface area contributed by atoms with Gasteiger partial charge in [-0.2, -0.15) is 0 Å². The van der Waals surface area contributed by atoms with Crippen LogP contribution in [0.15, 0.2) is 0 Å². The largest absolute Gasteiger partial charge is 0.381 e. The third-order valence-electron chi connectivity index (χ3n) is 3.64. The van der Waals surface area contributed by atoms with Crippen molar-refractivity contribution in [1.29, 1.82) is 0 Å². The molecule has 2 rings (SSSR count). The van der Waals surface area contributed by atoms with Crippen molar-refractivity contribution in [2.45, 2.75) is 31.3 Å². The molecule has 2 aliphatic heterocycles. The maximum atomic E-state index is 5.46. The summed E-state index contributed by atoms with van der Waals surface area (Å²) in [4.78, 5) is 2.48. The number of ether oxygens (including phenoxy) is 2. The Morgan fingerprint density at radius 2 is 2.00 bits per heavy atom. The fourth-order valence-electron chi connectivity index (χ4n) is 2.47. The van der Waals surface area contributed by atoms with E-state index in [1.807, 2.05) is 0 Å². The standard InChI is InChI=1S/C12H24N2O2/c1-14(12-3-7-15-8-4-12)6-2-11-10-16-9-5-13-11/h11-13H,2-10H2,1H3. The van der Waals surface area contributed by atoms with E-state index >= 15 is 0 Å². The smallest absolute Gasteiger partial charge is 0.0620 e. The molecule has 2 aliphatic rings. The SMILES string of the molecule is CN(CCC1COCCN1)C1CCOCC1. The van der Waals surface area contributed by atoms with Gasteiger partial charge in [-0.15, -0.1) is 0 Å². The lowest BCUT2D eigenvalue weighted by Gasteiger charge is -2.33. The normalized spacial score (nSPS) is 28.5. The highest BCUT2D eigenvalue weighted by Gasteiger charge is 2.20. The lowest BCUT2D eigenvalue weighted by atomic mass is 10.1. The van der Waals surface area contributed by atoms with Gasteiger partial charge in [-0.3, -0.25) is 0 Å². The molecule has 0 aromatic carbocycles. The maximum Gasteiger partial charge on any atom is 0.0620 e. The third-order valence-corrected chi connectivity index (χ3v) is 3.64. The number of rotatable bonds is 4. The highest BCUT2D eigenvalue weighted by molar-refractivity contribution is 4.76. The van der Waals surface area contributed by atoms with Gasteiger partial charge >= 0.3 is 0 Å². The summed E-state index contributed by atoms with van der Waals surface area (Å²) in [7, 11) is 2.24. The Morgan fingerprint density at radius 1 is 1.19 bits per heavy atom. The lowest BCUT2D eigenvalue weighted by molar-refractivity contribution is 0.0361. The molecule has 1 atom stereocenters. The van der Waals surface area contributed by atoms with Gasteiger partial charge in [0.05, 0.1) is 13.2 Å². The summed E-state index contributed by atoms with van der Waals surface area (Å²) in [5.41, 5.74) is 0. The van der Waals surface area contributed by atoms with Crippen LogP contribution in [0.4, 0.5) is 0 Å². The first-order valence-electron chi connectivity index (χ1n) is 6.45. The van der Waals surface area contributed by atoms with E-state index in [1.165, 1.54) is 19.3 Å². The van der Waals surface area contributed by atoms with Gasteiger partial charge in [-0.1, -0.05) is 0 Å². The van der Waals surface area contributed by atoms with E-state index < -0.39 is 0 Å². The third kappa shape index (κ3) is 3.70. The molecule has 0 bridgehead atoms. The van der Waals surface area contributed by atoms with Crippen LogP contribution in [0.1, 0.15) is 19.3 Å². The van der Waals surface area contributed by atoms with Gasteiger partial charge < -0.3 is 19.7 Å². The maximum absolute atomic E-state index is 5.46. The van der Waals surface area contributed by atoms with Crippen molar-refractivity contribution in [3.63, 3.8) is 0 Å². The summed E-state index contributed by atoms with van der Waals surface area (Å²) < 4.78 is 10.8. The second kappa shape index (κ2) is 6.55. The van der Waals surface area contributed by atoms with E-state index in [2.05, 4.69) is 17.3 Å². The van der Waals surface area contributed by atoms with Gasteiger partial charge in [0, 0.05) is 31.8 Å². The molecule has 0 saturated carbocycles. The predicted molar refractivity (Wildman–Crippen MR) is 63.7 cm³/mol. The molecular formula is C12H24N2O2. The number of nitrogens with one attached hydrogen (secondary N) is 1. The summed E-state index contributed by atoms with van der Waals surface area (Å²) >= 11 is 0. The van der Waals surface area contributed by atoms with Gasteiger partial charge in [0.15, 0.2) is 0 Å². The Labute approximate surface area is 98.3 Å². The fourth-order valence-corrected chi connectivity index (χ4v) is 2.47. The van der Waals surface area contributed by atoms with Gasteiger partial charge in [0.2, 0.25) is 0 Å². The Balaban J connectivity index is 1.63. The topological polar surface area (TPSA) is 33.7 Å². The van der Waals surface area contributed by atoms with Crippen LogP contribution in [-0.2, 0) is 9.47 Å². The second-order valence-corrected chi connectivity index (χ2v) is 4.84. The number of hydrogen-bond donors (Lipinski definition) is 1. The van der Waals surface area contributed by atoms with E-state index in [1.54, 1.807) is 0 Å². The van der Waals surface area contributed by atoms with Crippen molar-refractivity contribution >= 4 is 0 Å². The van der Waals surface area contributed by atoms with Crippen molar-refractivity contribution in [2.75, 3.05) is 46.6 Å². The van der Waals surface area contributed by atoms with Gasteiger partial charge in [0.1, 0.15) is 0 Å². The molecule has 0 aromatic rings. The summed E-state index contributed by atoms with van der Waals surface area (Å²) in [6.07, 6.45) is 3.56. The van der Waals surface area contributed by atoms with Crippen LogP contribution >= 0.6 is 0 Å². The van der Waals surface area contributed by atoms with Crippen molar-refractivity contribution in [1.82, 2.24) is 10.2 Å². The molecular weight excluding hydrogens is 204 g/mol. The highest BCUT2D eigenvalue weighted by atomic mass is 16.5. The van der Waals surface area contributed by atoms with Crippen LogP contribution in [0.25, 0.3) is 0 Å². The van der Waals surface area contributed by atoms with Crippen LogP contribution in [0.3, 0.4) is 0 Å². The van der Waals surface area contributed by atoms with E-state index in [4.69, 9.17) is 9.47 Å². The predicted octanol–water partition coefficient (Wildman–Crippen LogP) is 0.476. The van der Waals surface area contributed by atoms with Crippen molar-refractivity contribution < 1.29 is 9.47 Å². The first kappa shape index (κ1) is 12.3. The average Bonchev–Trinajstić information content (AvgIpc) is 2.38. The molecule has 4 nitrogen and oxygen atoms in total. The zero-order valence-corrected chi connectivity index (χ0v) is 10.3. The first-order chi connectivity index (χ1) is 7.86. The summed E-state index contributed by atoms with van der Waals surface area (Å²) in [6.45, 7) is 5.77. The van der Waals surface area contributed by atoms with Crippen molar-refractivity contribution in [3.8, 4) is 0 Å². The second-order valence-electron chi connectivity index (χ2n) is 4.84. The molecule has 0 aromatic heterocycles. The Morgan fingerprint density at radius 3 is 2.69 bits per heavy atom. The van der Waals surface area contributed by atoms with Crippen molar-refractivity contribution in [2.24, 2.45) is 0 Å². The average molecular weight is 228 g/mol. The van der Waals surface area contributed by atoms with E-state index in [0.717, 1.165) is 45.6 Å². The van der Waals surface area contributed by atoms with Crippen LogP contribution < -0.4 is 5.32 Å². The zero-order valence-electron chi connectivity index (χ0n) is 10.3. The van der Waals surface area contributed by atoms with Crippen LogP contribution in [-0.4, -0.2) is 63.5 Å². The molecule has 4 heteroatoms. The van der Waals surface area contributed by atoms with E-state index in [0.29, 0.717) is 6.04 Å².